The van der Waals surface area contributed by atoms with E-state index in [9.17, 15) is 0 Å². The lowest BCUT2D eigenvalue weighted by molar-refractivity contribution is 0.128. The second-order valence-corrected chi connectivity index (χ2v) is 1.31. The predicted molar refractivity (Wildman–Crippen MR) is 23.8 cm³/mol. The Morgan fingerprint density at radius 2 is 2.33 bits per heavy atom. The van der Waals surface area contributed by atoms with Gasteiger partial charge in [-0.3, -0.25) is 0 Å². The van der Waals surface area contributed by atoms with Gasteiger partial charge in [-0.15, -0.1) is 0 Å². The fourth-order valence-electron chi connectivity index (χ4n) is 0.152. The van der Waals surface area contributed by atoms with E-state index in [1.807, 2.05) is 6.92 Å². The first kappa shape index (κ1) is 5.88. The molecule has 4 N–H and O–H groups in total. The highest BCUT2D eigenvalue weighted by Gasteiger charge is 1.86. The van der Waals surface area contributed by atoms with Gasteiger partial charge in [-0.25, -0.2) is 5.90 Å². The van der Waals surface area contributed by atoms with Crippen LogP contribution in [0.4, 0.5) is 0 Å². The van der Waals surface area contributed by atoms with Crippen LogP contribution in [-0.2, 0) is 4.84 Å². The molecular formula is C3H10N2O. The zero-order valence-corrected chi connectivity index (χ0v) is 3.85. The summed E-state index contributed by atoms with van der Waals surface area (Å²) in [7, 11) is 0. The topological polar surface area (TPSA) is 61.3 Å². The van der Waals surface area contributed by atoms with Gasteiger partial charge in [-0.05, 0) is 6.92 Å². The highest BCUT2D eigenvalue weighted by Crippen LogP contribution is 1.68. The Morgan fingerprint density at radius 1 is 1.83 bits per heavy atom. The normalized spacial score (nSPS) is 14.5. The van der Waals surface area contributed by atoms with E-state index in [1.54, 1.807) is 0 Å². The number of nitrogens with two attached hydrogens (primary N) is 2. The van der Waals surface area contributed by atoms with Gasteiger partial charge in [0.2, 0.25) is 0 Å². The van der Waals surface area contributed by atoms with Crippen molar-refractivity contribution in [3.05, 3.63) is 0 Å². The molecular weight excluding hydrogens is 80.0 g/mol. The molecule has 0 radical (unpaired) electrons. The lowest BCUT2D eigenvalue weighted by atomic mass is 10.4. The third-order valence-electron chi connectivity index (χ3n) is 0.359. The summed E-state index contributed by atoms with van der Waals surface area (Å²) in [4.78, 5) is 4.18. The van der Waals surface area contributed by atoms with Gasteiger partial charge in [0.15, 0.2) is 0 Å². The van der Waals surface area contributed by atoms with E-state index < -0.39 is 0 Å². The Hall–Kier alpha value is -0.120. The lowest BCUT2D eigenvalue weighted by Crippen LogP contribution is -2.23. The molecule has 38 valence electrons. The average molecular weight is 90.1 g/mol. The summed E-state index contributed by atoms with van der Waals surface area (Å²) >= 11 is 0. The van der Waals surface area contributed by atoms with Crippen molar-refractivity contribution in [2.24, 2.45) is 11.6 Å². The molecule has 0 saturated carbocycles. The standard InChI is InChI=1S/C3H10N2O/c1-3(4)2-6-5/h3H,2,4-5H2,1H3/t3-/m1/s1. The molecule has 0 rings (SSSR count). The smallest absolute Gasteiger partial charge is 0.0827 e. The van der Waals surface area contributed by atoms with E-state index in [-0.39, 0.29) is 6.04 Å². The van der Waals surface area contributed by atoms with E-state index >= 15 is 0 Å². The molecule has 0 saturated heterocycles. The zero-order chi connectivity index (χ0) is 4.99. The number of hydrogen-bond acceptors (Lipinski definition) is 3. The molecule has 0 aromatic carbocycles. The Morgan fingerprint density at radius 3 is 2.33 bits per heavy atom. The van der Waals surface area contributed by atoms with Crippen LogP contribution in [0.5, 0.6) is 0 Å². The molecule has 0 aliphatic rings. The Labute approximate surface area is 37.2 Å². The highest BCUT2D eigenvalue weighted by molar-refractivity contribution is 4.45. The third-order valence-corrected chi connectivity index (χ3v) is 0.359. The molecule has 0 unspecified atom stereocenters. The van der Waals surface area contributed by atoms with Gasteiger partial charge in [-0.1, -0.05) is 0 Å². The van der Waals surface area contributed by atoms with Crippen LogP contribution in [0.3, 0.4) is 0 Å². The van der Waals surface area contributed by atoms with Gasteiger partial charge in [0.1, 0.15) is 0 Å². The molecule has 3 heteroatoms. The van der Waals surface area contributed by atoms with Crippen molar-refractivity contribution in [1.29, 1.82) is 0 Å². The van der Waals surface area contributed by atoms with Gasteiger partial charge >= 0.3 is 0 Å². The van der Waals surface area contributed by atoms with Crippen LogP contribution in [0.25, 0.3) is 0 Å². The number of hydrogen-bond donors (Lipinski definition) is 2. The Kier molecular flexibility index (Phi) is 3.02. The van der Waals surface area contributed by atoms with Gasteiger partial charge in [-0.2, -0.15) is 0 Å². The van der Waals surface area contributed by atoms with Crippen LogP contribution in [0.15, 0.2) is 0 Å². The van der Waals surface area contributed by atoms with Crippen LogP contribution in [0, 0.1) is 0 Å². The largest absolute Gasteiger partial charge is 0.326 e. The second-order valence-electron chi connectivity index (χ2n) is 1.31. The van der Waals surface area contributed by atoms with Crippen molar-refractivity contribution in [1.82, 2.24) is 0 Å². The van der Waals surface area contributed by atoms with E-state index in [4.69, 9.17) is 5.73 Å². The minimum Gasteiger partial charge on any atom is -0.326 e. The van der Waals surface area contributed by atoms with Crippen LogP contribution in [0.2, 0.25) is 0 Å². The molecule has 0 bridgehead atoms. The van der Waals surface area contributed by atoms with E-state index in [0.29, 0.717) is 6.61 Å². The van der Waals surface area contributed by atoms with Crippen molar-refractivity contribution in [2.75, 3.05) is 6.61 Å². The maximum atomic E-state index is 5.20. The van der Waals surface area contributed by atoms with E-state index in [1.165, 1.54) is 0 Å². The molecule has 6 heavy (non-hydrogen) atoms. The average Bonchev–Trinajstić information content (AvgIpc) is 1.35. The molecule has 0 amide bonds. The first-order valence-corrected chi connectivity index (χ1v) is 1.84. The molecule has 0 aliphatic heterocycles. The Bertz CT molecular complexity index is 30.0. The van der Waals surface area contributed by atoms with Crippen molar-refractivity contribution in [3.63, 3.8) is 0 Å². The minimum atomic E-state index is 0.0509. The maximum Gasteiger partial charge on any atom is 0.0827 e. The molecule has 0 spiro atoms. The lowest BCUT2D eigenvalue weighted by Gasteiger charge is -1.97. The van der Waals surface area contributed by atoms with Gasteiger partial charge in [0, 0.05) is 6.04 Å². The quantitative estimate of drug-likeness (QED) is 0.437. The monoisotopic (exact) mass is 90.1 g/mol. The molecule has 0 aromatic heterocycles. The summed E-state index contributed by atoms with van der Waals surface area (Å²) in [6.07, 6.45) is 0. The third kappa shape index (κ3) is 3.88. The van der Waals surface area contributed by atoms with Crippen molar-refractivity contribution in [3.8, 4) is 0 Å². The first-order chi connectivity index (χ1) is 2.77. The van der Waals surface area contributed by atoms with Gasteiger partial charge in [0.25, 0.3) is 0 Å². The summed E-state index contributed by atoms with van der Waals surface area (Å²) in [6.45, 7) is 2.26. The Balaban J connectivity index is 2.63. The van der Waals surface area contributed by atoms with Crippen LogP contribution in [-0.4, -0.2) is 12.6 Å². The molecule has 1 atom stereocenters. The maximum absolute atomic E-state index is 5.20. The zero-order valence-electron chi connectivity index (χ0n) is 3.85. The molecule has 0 aromatic rings. The van der Waals surface area contributed by atoms with Crippen LogP contribution >= 0.6 is 0 Å². The fraction of sp³-hybridized carbons (Fsp3) is 1.00. The van der Waals surface area contributed by atoms with Crippen molar-refractivity contribution < 1.29 is 4.84 Å². The van der Waals surface area contributed by atoms with Gasteiger partial charge < -0.3 is 10.6 Å². The summed E-state index contributed by atoms with van der Waals surface area (Å²) < 4.78 is 0. The van der Waals surface area contributed by atoms with Crippen LogP contribution in [0.1, 0.15) is 6.92 Å². The van der Waals surface area contributed by atoms with Crippen molar-refractivity contribution >= 4 is 0 Å². The SMILES string of the molecule is C[C@@H](N)CON. The first-order valence-electron chi connectivity index (χ1n) is 1.84. The number of rotatable bonds is 2. The predicted octanol–water partition coefficient (Wildman–Crippen LogP) is -0.776. The second kappa shape index (κ2) is 3.08. The molecule has 3 nitrogen and oxygen atoms in total. The van der Waals surface area contributed by atoms with Crippen molar-refractivity contribution in [2.45, 2.75) is 13.0 Å². The molecule has 0 heterocycles. The highest BCUT2D eigenvalue weighted by atomic mass is 16.6. The summed E-state index contributed by atoms with van der Waals surface area (Å²) in [5.41, 5.74) is 5.20. The fourth-order valence-corrected chi connectivity index (χ4v) is 0.152. The van der Waals surface area contributed by atoms with E-state index in [2.05, 4.69) is 10.7 Å². The van der Waals surface area contributed by atoms with E-state index in [0.717, 1.165) is 0 Å². The molecule has 0 aliphatic carbocycles. The molecule has 0 fully saturated rings. The van der Waals surface area contributed by atoms with Gasteiger partial charge in [0.05, 0.1) is 6.61 Å². The summed E-state index contributed by atoms with van der Waals surface area (Å²) in [6, 6.07) is 0.0509. The summed E-state index contributed by atoms with van der Waals surface area (Å²) in [5, 5.41) is 0. The summed E-state index contributed by atoms with van der Waals surface area (Å²) in [5.74, 6) is 4.65. The van der Waals surface area contributed by atoms with Crippen LogP contribution < -0.4 is 11.6 Å². The minimum absolute atomic E-state index is 0.0509.